The average Bonchev–Trinajstić information content (AvgIpc) is 2.58. The molecular formula is C10H19ClN4O. The van der Waals surface area contributed by atoms with E-state index in [4.69, 9.17) is 4.52 Å². The van der Waals surface area contributed by atoms with Crippen LogP contribution in [0, 0.1) is 6.92 Å². The van der Waals surface area contributed by atoms with E-state index in [2.05, 4.69) is 34.2 Å². The molecule has 0 aromatic carbocycles. The third-order valence-electron chi connectivity index (χ3n) is 2.90. The molecule has 0 bridgehead atoms. The summed E-state index contributed by atoms with van der Waals surface area (Å²) in [6.07, 6.45) is 0. The molecule has 1 aliphatic heterocycles. The van der Waals surface area contributed by atoms with Crippen LogP contribution in [0.1, 0.15) is 25.6 Å². The minimum Gasteiger partial charge on any atom is -0.338 e. The molecule has 1 saturated heterocycles. The fourth-order valence-corrected chi connectivity index (χ4v) is 2.04. The maximum atomic E-state index is 5.14. The number of halogens is 1. The first-order chi connectivity index (χ1) is 7.16. The van der Waals surface area contributed by atoms with Crippen LogP contribution in [0.4, 0.5) is 0 Å². The van der Waals surface area contributed by atoms with Gasteiger partial charge >= 0.3 is 0 Å². The van der Waals surface area contributed by atoms with Crippen LogP contribution in [0.15, 0.2) is 4.52 Å². The number of hydrogen-bond acceptors (Lipinski definition) is 5. The Morgan fingerprint density at radius 2 is 2.00 bits per heavy atom. The zero-order chi connectivity index (χ0) is 10.8. The van der Waals surface area contributed by atoms with Crippen molar-refractivity contribution in [3.05, 3.63) is 11.7 Å². The summed E-state index contributed by atoms with van der Waals surface area (Å²) >= 11 is 0. The summed E-state index contributed by atoms with van der Waals surface area (Å²) in [5.74, 6) is 1.42. The zero-order valence-corrected chi connectivity index (χ0v) is 10.8. The molecule has 1 aromatic heterocycles. The monoisotopic (exact) mass is 246 g/mol. The van der Waals surface area contributed by atoms with Crippen molar-refractivity contribution in [1.82, 2.24) is 20.4 Å². The number of aromatic nitrogens is 2. The molecule has 16 heavy (non-hydrogen) atoms. The predicted molar refractivity (Wildman–Crippen MR) is 63.6 cm³/mol. The van der Waals surface area contributed by atoms with Crippen LogP contribution < -0.4 is 5.32 Å². The summed E-state index contributed by atoms with van der Waals surface area (Å²) in [6, 6.07) is 1.03. The summed E-state index contributed by atoms with van der Waals surface area (Å²) in [7, 11) is 0. The smallest absolute Gasteiger partial charge is 0.240 e. The first-order valence-electron chi connectivity index (χ1n) is 5.42. The number of piperazine rings is 1. The van der Waals surface area contributed by atoms with E-state index in [0.717, 1.165) is 19.6 Å². The van der Waals surface area contributed by atoms with E-state index < -0.39 is 0 Å². The van der Waals surface area contributed by atoms with E-state index >= 15 is 0 Å². The highest BCUT2D eigenvalue weighted by Crippen LogP contribution is 2.13. The molecule has 2 atom stereocenters. The summed E-state index contributed by atoms with van der Waals surface area (Å²) in [5.41, 5.74) is 0. The van der Waals surface area contributed by atoms with E-state index in [0.29, 0.717) is 23.8 Å². The number of hydrogen-bond donors (Lipinski definition) is 1. The van der Waals surface area contributed by atoms with Gasteiger partial charge in [-0.2, -0.15) is 4.98 Å². The van der Waals surface area contributed by atoms with Crippen molar-refractivity contribution in [2.24, 2.45) is 0 Å². The Kier molecular flexibility index (Phi) is 4.70. The molecule has 0 aliphatic carbocycles. The van der Waals surface area contributed by atoms with Gasteiger partial charge in [0.05, 0.1) is 6.54 Å². The van der Waals surface area contributed by atoms with E-state index in [1.54, 1.807) is 0 Å². The second kappa shape index (κ2) is 5.61. The van der Waals surface area contributed by atoms with Gasteiger partial charge in [0, 0.05) is 25.2 Å². The minimum absolute atomic E-state index is 0. The van der Waals surface area contributed by atoms with Gasteiger partial charge < -0.3 is 9.84 Å². The lowest BCUT2D eigenvalue weighted by atomic mass is 10.1. The van der Waals surface area contributed by atoms with Crippen LogP contribution in [0.5, 0.6) is 0 Å². The number of nitrogens with zero attached hydrogens (tertiary/aromatic N) is 3. The summed E-state index contributed by atoms with van der Waals surface area (Å²) in [4.78, 5) is 6.63. The van der Waals surface area contributed by atoms with Crippen LogP contribution >= 0.6 is 12.4 Å². The van der Waals surface area contributed by atoms with Gasteiger partial charge in [0.1, 0.15) is 0 Å². The zero-order valence-electron chi connectivity index (χ0n) is 9.93. The number of nitrogens with one attached hydrogen (secondary N) is 1. The van der Waals surface area contributed by atoms with E-state index in [9.17, 15) is 0 Å². The predicted octanol–water partition coefficient (Wildman–Crippen LogP) is 0.982. The molecule has 0 unspecified atom stereocenters. The van der Waals surface area contributed by atoms with Crippen LogP contribution in [-0.2, 0) is 6.54 Å². The minimum atomic E-state index is 0. The van der Waals surface area contributed by atoms with Crippen LogP contribution in [0.2, 0.25) is 0 Å². The van der Waals surface area contributed by atoms with Gasteiger partial charge in [0.25, 0.3) is 0 Å². The standard InChI is InChI=1S/C10H18N4O.ClH/c1-7-4-11-5-8(2)14(7)6-10-12-9(3)13-15-10;/h7-8,11H,4-6H2,1-3H3;1H/t7-,8+;. The number of rotatable bonds is 2. The van der Waals surface area contributed by atoms with Gasteiger partial charge in [-0.15, -0.1) is 12.4 Å². The Morgan fingerprint density at radius 1 is 1.38 bits per heavy atom. The molecule has 1 aliphatic rings. The van der Waals surface area contributed by atoms with Crippen molar-refractivity contribution in [2.75, 3.05) is 13.1 Å². The molecule has 0 amide bonds. The van der Waals surface area contributed by atoms with Crippen molar-refractivity contribution < 1.29 is 4.52 Å². The largest absolute Gasteiger partial charge is 0.338 e. The first kappa shape index (κ1) is 13.4. The fraction of sp³-hybridized carbons (Fsp3) is 0.800. The van der Waals surface area contributed by atoms with Crippen molar-refractivity contribution in [1.29, 1.82) is 0 Å². The van der Waals surface area contributed by atoms with E-state index in [-0.39, 0.29) is 12.4 Å². The quantitative estimate of drug-likeness (QED) is 0.843. The highest BCUT2D eigenvalue weighted by Gasteiger charge is 2.25. The Morgan fingerprint density at radius 3 is 2.50 bits per heavy atom. The second-order valence-electron chi connectivity index (χ2n) is 4.26. The normalized spacial score (nSPS) is 26.4. The lowest BCUT2D eigenvalue weighted by Crippen LogP contribution is -2.54. The van der Waals surface area contributed by atoms with Crippen molar-refractivity contribution in [2.45, 2.75) is 39.4 Å². The molecule has 6 heteroatoms. The Bertz CT molecular complexity index is 320. The lowest BCUT2D eigenvalue weighted by molar-refractivity contribution is 0.0947. The Hall–Kier alpha value is -0.650. The molecule has 1 N–H and O–H groups in total. The maximum absolute atomic E-state index is 5.14. The van der Waals surface area contributed by atoms with Gasteiger partial charge in [0.2, 0.25) is 5.89 Å². The topological polar surface area (TPSA) is 54.2 Å². The second-order valence-corrected chi connectivity index (χ2v) is 4.26. The van der Waals surface area contributed by atoms with Crippen LogP contribution in [-0.4, -0.2) is 40.2 Å². The molecule has 5 nitrogen and oxygen atoms in total. The third-order valence-corrected chi connectivity index (χ3v) is 2.90. The van der Waals surface area contributed by atoms with Crippen LogP contribution in [0.3, 0.4) is 0 Å². The molecule has 0 saturated carbocycles. The van der Waals surface area contributed by atoms with Gasteiger partial charge in [-0.3, -0.25) is 4.90 Å². The SMILES string of the molecule is Cc1noc(CN2[C@H](C)CNC[C@@H]2C)n1.Cl. The van der Waals surface area contributed by atoms with E-state index in [1.807, 2.05) is 6.92 Å². The molecule has 0 spiro atoms. The Labute approximate surface area is 102 Å². The molecule has 1 aromatic rings. The fourth-order valence-electron chi connectivity index (χ4n) is 2.04. The van der Waals surface area contributed by atoms with Gasteiger partial charge in [-0.1, -0.05) is 5.16 Å². The Balaban J connectivity index is 0.00000128. The molecule has 2 rings (SSSR count). The first-order valence-corrected chi connectivity index (χ1v) is 5.42. The molecule has 0 radical (unpaired) electrons. The van der Waals surface area contributed by atoms with E-state index in [1.165, 1.54) is 0 Å². The number of aryl methyl sites for hydroxylation is 1. The van der Waals surface area contributed by atoms with Crippen molar-refractivity contribution in [3.8, 4) is 0 Å². The molecule has 2 heterocycles. The van der Waals surface area contributed by atoms with Crippen molar-refractivity contribution in [3.63, 3.8) is 0 Å². The van der Waals surface area contributed by atoms with Gasteiger partial charge in [-0.25, -0.2) is 0 Å². The third kappa shape index (κ3) is 2.93. The highest BCUT2D eigenvalue weighted by molar-refractivity contribution is 5.85. The highest BCUT2D eigenvalue weighted by atomic mass is 35.5. The van der Waals surface area contributed by atoms with Gasteiger partial charge in [-0.05, 0) is 20.8 Å². The van der Waals surface area contributed by atoms with Crippen LogP contribution in [0.25, 0.3) is 0 Å². The molecule has 1 fully saturated rings. The summed E-state index contributed by atoms with van der Waals surface area (Å²) in [5, 5.41) is 7.20. The summed E-state index contributed by atoms with van der Waals surface area (Å²) < 4.78 is 5.14. The van der Waals surface area contributed by atoms with Gasteiger partial charge in [0.15, 0.2) is 5.82 Å². The molecule has 92 valence electrons. The average molecular weight is 247 g/mol. The molecular weight excluding hydrogens is 228 g/mol. The van der Waals surface area contributed by atoms with Crippen molar-refractivity contribution >= 4 is 12.4 Å². The lowest BCUT2D eigenvalue weighted by Gasteiger charge is -2.38. The maximum Gasteiger partial charge on any atom is 0.240 e. The summed E-state index contributed by atoms with van der Waals surface area (Å²) in [6.45, 7) is 9.08.